The molecule has 1 aliphatic rings. The van der Waals surface area contributed by atoms with Crippen molar-refractivity contribution in [3.63, 3.8) is 0 Å². The maximum Gasteiger partial charge on any atom is 0.255 e. The summed E-state index contributed by atoms with van der Waals surface area (Å²) in [7, 11) is 1.47. The number of methoxy groups -OCH3 is 1. The fourth-order valence-corrected chi connectivity index (χ4v) is 3.14. The van der Waals surface area contributed by atoms with Crippen molar-refractivity contribution in [1.82, 2.24) is 10.2 Å². The molecule has 0 bridgehead atoms. The molecule has 0 radical (unpaired) electrons. The Balaban J connectivity index is 1.59. The Hall–Kier alpha value is -2.57. The second-order valence-corrected chi connectivity index (χ2v) is 6.57. The largest absolute Gasteiger partial charge is 0.496 e. The van der Waals surface area contributed by atoms with Crippen molar-refractivity contribution in [3.05, 3.63) is 64.7 Å². The Bertz CT molecular complexity index is 813. The number of hydrogen-bond acceptors (Lipinski definition) is 4. The van der Waals surface area contributed by atoms with Crippen LogP contribution in [0.4, 0.5) is 0 Å². The molecule has 27 heavy (non-hydrogen) atoms. The monoisotopic (exact) mass is 388 g/mol. The minimum Gasteiger partial charge on any atom is -0.496 e. The number of rotatable bonds is 5. The summed E-state index contributed by atoms with van der Waals surface area (Å²) in [5.41, 5.74) is 1.32. The van der Waals surface area contributed by atoms with E-state index in [0.29, 0.717) is 36.0 Å². The summed E-state index contributed by atoms with van der Waals surface area (Å²) in [5, 5.41) is 3.07. The van der Waals surface area contributed by atoms with Gasteiger partial charge >= 0.3 is 0 Å². The fraction of sp³-hybridized carbons (Fsp3) is 0.300. The first-order valence-corrected chi connectivity index (χ1v) is 9.02. The standard InChI is InChI=1S/C20H21ClN2O4/c1-26-17-8-7-15(21)11-16(17)20(25)22-12-19(24)23-9-10-27-18(13-23)14-5-3-2-4-6-14/h2-8,11,18H,9-10,12-13H2,1H3,(H,22,25). The topological polar surface area (TPSA) is 67.9 Å². The normalized spacial score (nSPS) is 16.7. The number of carbonyl (C=O) groups excluding carboxylic acids is 2. The van der Waals surface area contributed by atoms with Crippen LogP contribution in [0.25, 0.3) is 0 Å². The summed E-state index contributed by atoms with van der Waals surface area (Å²) in [5.74, 6) is -0.163. The summed E-state index contributed by atoms with van der Waals surface area (Å²) < 4.78 is 10.9. The van der Waals surface area contributed by atoms with Gasteiger partial charge < -0.3 is 19.7 Å². The zero-order valence-electron chi connectivity index (χ0n) is 15.0. The van der Waals surface area contributed by atoms with E-state index in [1.54, 1.807) is 17.0 Å². The third-order valence-electron chi connectivity index (χ3n) is 4.40. The maximum absolute atomic E-state index is 12.5. The van der Waals surface area contributed by atoms with Gasteiger partial charge in [0, 0.05) is 11.6 Å². The third-order valence-corrected chi connectivity index (χ3v) is 4.63. The molecule has 2 aromatic carbocycles. The van der Waals surface area contributed by atoms with Gasteiger partial charge in [-0.2, -0.15) is 0 Å². The highest BCUT2D eigenvalue weighted by Crippen LogP contribution is 2.23. The number of amides is 2. The van der Waals surface area contributed by atoms with Gasteiger partial charge in [-0.15, -0.1) is 0 Å². The Morgan fingerprint density at radius 2 is 2.04 bits per heavy atom. The van der Waals surface area contributed by atoms with E-state index >= 15 is 0 Å². The van der Waals surface area contributed by atoms with Gasteiger partial charge in [0.1, 0.15) is 11.9 Å². The average molecular weight is 389 g/mol. The highest BCUT2D eigenvalue weighted by Gasteiger charge is 2.25. The number of nitrogens with zero attached hydrogens (tertiary/aromatic N) is 1. The van der Waals surface area contributed by atoms with Crippen molar-refractivity contribution in [3.8, 4) is 5.75 Å². The van der Waals surface area contributed by atoms with Gasteiger partial charge in [-0.05, 0) is 23.8 Å². The Morgan fingerprint density at radius 1 is 1.26 bits per heavy atom. The summed E-state index contributed by atoms with van der Waals surface area (Å²) in [6, 6.07) is 14.5. The van der Waals surface area contributed by atoms with E-state index in [-0.39, 0.29) is 18.6 Å². The molecular formula is C20H21ClN2O4. The van der Waals surface area contributed by atoms with E-state index in [4.69, 9.17) is 21.1 Å². The van der Waals surface area contributed by atoms with Gasteiger partial charge in [-0.3, -0.25) is 9.59 Å². The lowest BCUT2D eigenvalue weighted by molar-refractivity contribution is -0.137. The molecule has 1 unspecified atom stereocenters. The van der Waals surface area contributed by atoms with Crippen LogP contribution >= 0.6 is 11.6 Å². The van der Waals surface area contributed by atoms with Crippen LogP contribution in [0.1, 0.15) is 22.0 Å². The first-order chi connectivity index (χ1) is 13.1. The number of nitrogens with one attached hydrogen (secondary N) is 1. The molecule has 0 aliphatic carbocycles. The van der Waals surface area contributed by atoms with E-state index in [9.17, 15) is 9.59 Å². The van der Waals surface area contributed by atoms with Crippen molar-refractivity contribution in [1.29, 1.82) is 0 Å². The predicted octanol–water partition coefficient (Wildman–Crippen LogP) is 2.68. The molecule has 1 atom stereocenters. The molecule has 1 aliphatic heterocycles. The molecule has 2 amide bonds. The lowest BCUT2D eigenvalue weighted by atomic mass is 10.1. The van der Waals surface area contributed by atoms with E-state index in [0.717, 1.165) is 5.56 Å². The Morgan fingerprint density at radius 3 is 2.78 bits per heavy atom. The summed E-state index contributed by atoms with van der Waals surface area (Å²) in [6.45, 7) is 1.31. The van der Waals surface area contributed by atoms with Crippen LogP contribution in [-0.4, -0.2) is 50.1 Å². The van der Waals surface area contributed by atoms with Crippen LogP contribution in [0.15, 0.2) is 48.5 Å². The smallest absolute Gasteiger partial charge is 0.255 e. The van der Waals surface area contributed by atoms with Gasteiger partial charge in [0.15, 0.2) is 0 Å². The molecule has 3 rings (SSSR count). The first kappa shape index (κ1) is 19.2. The fourth-order valence-electron chi connectivity index (χ4n) is 2.97. The average Bonchev–Trinajstić information content (AvgIpc) is 2.72. The minimum atomic E-state index is -0.407. The van der Waals surface area contributed by atoms with Crippen LogP contribution < -0.4 is 10.1 Å². The number of hydrogen-bond donors (Lipinski definition) is 1. The lowest BCUT2D eigenvalue weighted by Gasteiger charge is -2.33. The van der Waals surface area contributed by atoms with E-state index in [1.807, 2.05) is 30.3 Å². The second kappa shape index (κ2) is 8.88. The minimum absolute atomic E-state index is 0.101. The van der Waals surface area contributed by atoms with Gasteiger partial charge in [0.05, 0.1) is 32.4 Å². The van der Waals surface area contributed by atoms with Gasteiger partial charge in [0.2, 0.25) is 5.91 Å². The molecule has 0 saturated carbocycles. The molecule has 6 nitrogen and oxygen atoms in total. The van der Waals surface area contributed by atoms with Crippen LogP contribution in [0.3, 0.4) is 0 Å². The van der Waals surface area contributed by atoms with Crippen molar-refractivity contribution in [2.24, 2.45) is 0 Å². The summed E-state index contributed by atoms with van der Waals surface area (Å²) >= 11 is 5.95. The number of morpholine rings is 1. The number of ether oxygens (including phenoxy) is 2. The molecular weight excluding hydrogens is 368 g/mol. The molecule has 0 aromatic heterocycles. The van der Waals surface area contributed by atoms with Crippen LogP contribution in [-0.2, 0) is 9.53 Å². The second-order valence-electron chi connectivity index (χ2n) is 6.14. The maximum atomic E-state index is 12.5. The summed E-state index contributed by atoms with van der Waals surface area (Å²) in [6.07, 6.45) is -0.160. The Kier molecular flexibility index (Phi) is 6.32. The van der Waals surface area contributed by atoms with Crippen LogP contribution in [0.5, 0.6) is 5.75 Å². The highest BCUT2D eigenvalue weighted by atomic mass is 35.5. The van der Waals surface area contributed by atoms with Gasteiger partial charge in [-0.1, -0.05) is 41.9 Å². The van der Waals surface area contributed by atoms with Crippen LogP contribution in [0, 0.1) is 0 Å². The molecule has 1 N–H and O–H groups in total. The molecule has 7 heteroatoms. The highest BCUT2D eigenvalue weighted by molar-refractivity contribution is 6.31. The number of halogens is 1. The van der Waals surface area contributed by atoms with E-state index in [2.05, 4.69) is 5.32 Å². The van der Waals surface area contributed by atoms with Crippen molar-refractivity contribution in [2.75, 3.05) is 33.4 Å². The summed E-state index contributed by atoms with van der Waals surface area (Å²) in [4.78, 5) is 26.6. The predicted molar refractivity (Wildman–Crippen MR) is 102 cm³/mol. The third kappa shape index (κ3) is 4.78. The quantitative estimate of drug-likeness (QED) is 0.855. The zero-order chi connectivity index (χ0) is 19.2. The van der Waals surface area contributed by atoms with Crippen LogP contribution in [0.2, 0.25) is 5.02 Å². The van der Waals surface area contributed by atoms with Gasteiger partial charge in [-0.25, -0.2) is 0 Å². The molecule has 2 aromatic rings. The van der Waals surface area contributed by atoms with Crippen molar-refractivity contribution in [2.45, 2.75) is 6.10 Å². The zero-order valence-corrected chi connectivity index (χ0v) is 15.7. The molecule has 1 saturated heterocycles. The molecule has 142 valence electrons. The Labute approximate surface area is 163 Å². The number of carbonyl (C=O) groups is 2. The lowest BCUT2D eigenvalue weighted by Crippen LogP contribution is -2.46. The SMILES string of the molecule is COc1ccc(Cl)cc1C(=O)NCC(=O)N1CCOC(c2ccccc2)C1. The van der Waals surface area contributed by atoms with Crippen molar-refractivity contribution < 1.29 is 19.1 Å². The van der Waals surface area contributed by atoms with Gasteiger partial charge in [0.25, 0.3) is 5.91 Å². The first-order valence-electron chi connectivity index (χ1n) is 8.64. The molecule has 0 spiro atoms. The number of benzene rings is 2. The van der Waals surface area contributed by atoms with E-state index in [1.165, 1.54) is 13.2 Å². The van der Waals surface area contributed by atoms with Crippen molar-refractivity contribution >= 4 is 23.4 Å². The molecule has 1 heterocycles. The molecule has 1 fully saturated rings. The van der Waals surface area contributed by atoms with E-state index < -0.39 is 5.91 Å².